The molecule has 0 aliphatic carbocycles. The van der Waals surface area contributed by atoms with Crippen molar-refractivity contribution in [2.75, 3.05) is 13.2 Å². The Labute approximate surface area is 194 Å². The van der Waals surface area contributed by atoms with Crippen LogP contribution in [0.4, 0.5) is 0 Å². The van der Waals surface area contributed by atoms with Crippen molar-refractivity contribution in [1.29, 1.82) is 0 Å². The van der Waals surface area contributed by atoms with E-state index in [1.807, 2.05) is 26.0 Å². The van der Waals surface area contributed by atoms with Crippen LogP contribution in [0, 0.1) is 0 Å². The quantitative estimate of drug-likeness (QED) is 0.260. The van der Waals surface area contributed by atoms with Crippen molar-refractivity contribution in [3.63, 3.8) is 0 Å². The smallest absolute Gasteiger partial charge is 0.119 e. The summed E-state index contributed by atoms with van der Waals surface area (Å²) in [4.78, 5) is 0. The number of ether oxygens (including phenoxy) is 2. The maximum atomic E-state index is 5.65. The van der Waals surface area contributed by atoms with Gasteiger partial charge in [-0.3, -0.25) is 0 Å². The lowest BCUT2D eigenvalue weighted by atomic mass is 10.1. The van der Waals surface area contributed by atoms with E-state index >= 15 is 0 Å². The monoisotopic (exact) mass is 430 g/mol. The minimum absolute atomic E-state index is 0.814. The maximum absolute atomic E-state index is 5.65. The van der Waals surface area contributed by atoms with E-state index in [-0.39, 0.29) is 0 Å². The van der Waals surface area contributed by atoms with E-state index in [4.69, 9.17) is 9.47 Å². The van der Waals surface area contributed by atoms with E-state index in [2.05, 4.69) is 86.6 Å². The second kappa shape index (κ2) is 14.9. The van der Waals surface area contributed by atoms with Crippen molar-refractivity contribution in [3.8, 4) is 11.5 Å². The number of benzene rings is 4. The van der Waals surface area contributed by atoms with Gasteiger partial charge >= 0.3 is 0 Å². The van der Waals surface area contributed by atoms with Gasteiger partial charge in [-0.15, -0.1) is 0 Å². The average molecular weight is 431 g/mol. The zero-order valence-corrected chi connectivity index (χ0v) is 20.1. The molecular formula is C30H38O2. The lowest BCUT2D eigenvalue weighted by molar-refractivity contribution is 0.309. The van der Waals surface area contributed by atoms with Crippen LogP contribution in [0.15, 0.2) is 84.9 Å². The SMILES string of the molecule is CC.CCCCOc1ccc2ccccc2c1.CCCCOc1ccc2ccccc2c1. The van der Waals surface area contributed by atoms with Gasteiger partial charge < -0.3 is 9.47 Å². The summed E-state index contributed by atoms with van der Waals surface area (Å²) in [7, 11) is 0. The third-order valence-corrected chi connectivity index (χ3v) is 4.98. The molecule has 2 heteroatoms. The molecule has 4 rings (SSSR count). The molecule has 4 aromatic rings. The Bertz CT molecular complexity index is 954. The van der Waals surface area contributed by atoms with Crippen LogP contribution in [-0.2, 0) is 0 Å². The molecule has 2 nitrogen and oxygen atoms in total. The number of unbranched alkanes of at least 4 members (excludes halogenated alkanes) is 2. The Morgan fingerprint density at radius 1 is 0.500 bits per heavy atom. The Balaban J connectivity index is 0.000000211. The first-order valence-corrected chi connectivity index (χ1v) is 12.0. The van der Waals surface area contributed by atoms with Crippen molar-refractivity contribution in [1.82, 2.24) is 0 Å². The molecular weight excluding hydrogens is 392 g/mol. The molecule has 0 fully saturated rings. The van der Waals surface area contributed by atoms with Gasteiger partial charge in [0.25, 0.3) is 0 Å². The first kappa shape index (κ1) is 25.3. The molecule has 0 unspecified atom stereocenters. The van der Waals surface area contributed by atoms with Gasteiger partial charge in [0.1, 0.15) is 11.5 Å². The van der Waals surface area contributed by atoms with Gasteiger partial charge in [-0.05, 0) is 58.7 Å². The molecule has 4 aromatic carbocycles. The summed E-state index contributed by atoms with van der Waals surface area (Å²) in [6.07, 6.45) is 4.58. The molecule has 0 spiro atoms. The fourth-order valence-electron chi connectivity index (χ4n) is 3.18. The topological polar surface area (TPSA) is 18.5 Å². The summed E-state index contributed by atoms with van der Waals surface area (Å²) in [5, 5.41) is 5.01. The predicted octanol–water partition coefficient (Wildman–Crippen LogP) is 9.06. The third-order valence-electron chi connectivity index (χ3n) is 4.98. The van der Waals surface area contributed by atoms with E-state index in [0.29, 0.717) is 0 Å². The first-order valence-electron chi connectivity index (χ1n) is 12.0. The van der Waals surface area contributed by atoms with Crippen LogP contribution in [0.3, 0.4) is 0 Å². The lowest BCUT2D eigenvalue weighted by Crippen LogP contribution is -1.95. The summed E-state index contributed by atoms with van der Waals surface area (Å²) >= 11 is 0. The molecule has 0 aromatic heterocycles. The van der Waals surface area contributed by atoms with Crippen LogP contribution in [0.2, 0.25) is 0 Å². The van der Waals surface area contributed by atoms with Crippen molar-refractivity contribution in [2.45, 2.75) is 53.4 Å². The number of hydrogen-bond acceptors (Lipinski definition) is 2. The van der Waals surface area contributed by atoms with Crippen molar-refractivity contribution < 1.29 is 9.47 Å². The Kier molecular flexibility index (Phi) is 11.8. The molecule has 0 aliphatic heterocycles. The zero-order chi connectivity index (χ0) is 23.0. The van der Waals surface area contributed by atoms with Crippen LogP contribution >= 0.6 is 0 Å². The molecule has 170 valence electrons. The molecule has 32 heavy (non-hydrogen) atoms. The molecule has 0 aliphatic rings. The highest BCUT2D eigenvalue weighted by Crippen LogP contribution is 2.21. The number of rotatable bonds is 8. The van der Waals surface area contributed by atoms with Crippen LogP contribution in [0.25, 0.3) is 21.5 Å². The van der Waals surface area contributed by atoms with Crippen molar-refractivity contribution in [2.24, 2.45) is 0 Å². The van der Waals surface area contributed by atoms with Gasteiger partial charge in [-0.1, -0.05) is 101 Å². The van der Waals surface area contributed by atoms with Crippen LogP contribution in [0.5, 0.6) is 11.5 Å². The van der Waals surface area contributed by atoms with Gasteiger partial charge in [0.2, 0.25) is 0 Å². The van der Waals surface area contributed by atoms with E-state index < -0.39 is 0 Å². The van der Waals surface area contributed by atoms with Gasteiger partial charge in [-0.2, -0.15) is 0 Å². The molecule has 0 atom stereocenters. The highest BCUT2D eigenvalue weighted by molar-refractivity contribution is 5.84. The summed E-state index contributed by atoms with van der Waals surface area (Å²) < 4.78 is 11.3. The normalized spacial score (nSPS) is 10.0. The molecule has 0 saturated heterocycles. The zero-order valence-electron chi connectivity index (χ0n) is 20.1. The minimum atomic E-state index is 0.814. The Morgan fingerprint density at radius 2 is 0.875 bits per heavy atom. The van der Waals surface area contributed by atoms with Crippen LogP contribution < -0.4 is 9.47 Å². The molecule has 0 heterocycles. The fraction of sp³-hybridized carbons (Fsp3) is 0.333. The Morgan fingerprint density at radius 3 is 1.25 bits per heavy atom. The predicted molar refractivity (Wildman–Crippen MR) is 140 cm³/mol. The lowest BCUT2D eigenvalue weighted by Gasteiger charge is -2.06. The van der Waals surface area contributed by atoms with Gasteiger partial charge in [-0.25, -0.2) is 0 Å². The summed E-state index contributed by atoms with van der Waals surface area (Å²) in [5.74, 6) is 1.95. The van der Waals surface area contributed by atoms with Crippen LogP contribution in [0.1, 0.15) is 53.4 Å². The molecule has 0 saturated carbocycles. The van der Waals surface area contributed by atoms with E-state index in [1.54, 1.807) is 0 Å². The van der Waals surface area contributed by atoms with Gasteiger partial charge in [0.05, 0.1) is 13.2 Å². The van der Waals surface area contributed by atoms with Gasteiger partial charge in [0, 0.05) is 0 Å². The number of fused-ring (bicyclic) bond motifs is 2. The second-order valence-corrected chi connectivity index (χ2v) is 7.42. The van der Waals surface area contributed by atoms with Crippen molar-refractivity contribution >= 4 is 21.5 Å². The summed E-state index contributed by atoms with van der Waals surface area (Å²) in [6.45, 7) is 9.97. The van der Waals surface area contributed by atoms with Crippen LogP contribution in [-0.4, -0.2) is 13.2 Å². The maximum Gasteiger partial charge on any atom is 0.119 e. The van der Waals surface area contributed by atoms with Crippen molar-refractivity contribution in [3.05, 3.63) is 84.9 Å². The minimum Gasteiger partial charge on any atom is -0.494 e. The van der Waals surface area contributed by atoms with E-state index in [9.17, 15) is 0 Å². The summed E-state index contributed by atoms with van der Waals surface area (Å²) in [5.41, 5.74) is 0. The number of hydrogen-bond donors (Lipinski definition) is 0. The third kappa shape index (κ3) is 8.26. The fourth-order valence-corrected chi connectivity index (χ4v) is 3.18. The summed E-state index contributed by atoms with van der Waals surface area (Å²) in [6, 6.07) is 29.2. The molecule has 0 bridgehead atoms. The standard InChI is InChI=1S/2C14H16O.C2H6/c2*1-2-3-10-15-14-9-8-12-6-4-5-7-13(12)11-14;1-2/h2*4-9,11H,2-3,10H2,1H3;1-2H3. The molecule has 0 amide bonds. The second-order valence-electron chi connectivity index (χ2n) is 7.42. The van der Waals surface area contributed by atoms with E-state index in [0.717, 1.165) is 37.6 Å². The average Bonchev–Trinajstić information content (AvgIpc) is 2.86. The molecule has 0 radical (unpaired) electrons. The first-order chi connectivity index (χ1) is 15.8. The highest BCUT2D eigenvalue weighted by Gasteiger charge is 1.97. The highest BCUT2D eigenvalue weighted by atomic mass is 16.5. The molecule has 0 N–H and O–H groups in total. The van der Waals surface area contributed by atoms with E-state index in [1.165, 1.54) is 34.4 Å². The largest absolute Gasteiger partial charge is 0.494 e. The van der Waals surface area contributed by atoms with Gasteiger partial charge in [0.15, 0.2) is 0 Å². The Hall–Kier alpha value is -3.00.